The molecule has 13 heavy (non-hydrogen) atoms. The molecule has 0 aliphatic carbocycles. The quantitative estimate of drug-likeness (QED) is 0.666. The number of hydrogen-bond donors (Lipinski definition) is 1. The zero-order valence-electron chi connectivity index (χ0n) is 7.69. The van der Waals surface area contributed by atoms with E-state index in [-0.39, 0.29) is 5.91 Å². The Hall–Kier alpha value is -1.65. The lowest BCUT2D eigenvalue weighted by Crippen LogP contribution is -2.21. The number of amides is 1. The van der Waals surface area contributed by atoms with Gasteiger partial charge >= 0.3 is 0 Å². The SMILES string of the molecule is C/C=C/C(=O)NCc1ncn(C)n1. The van der Waals surface area contributed by atoms with Crippen LogP contribution in [0, 0.1) is 0 Å². The average molecular weight is 180 g/mol. The van der Waals surface area contributed by atoms with Gasteiger partial charge in [0.05, 0.1) is 6.54 Å². The summed E-state index contributed by atoms with van der Waals surface area (Å²) in [5.74, 6) is 0.482. The number of aromatic nitrogens is 3. The van der Waals surface area contributed by atoms with E-state index in [2.05, 4.69) is 15.4 Å². The molecule has 1 rings (SSSR count). The minimum Gasteiger partial charge on any atom is -0.345 e. The van der Waals surface area contributed by atoms with Gasteiger partial charge in [0, 0.05) is 7.05 Å². The molecule has 0 unspecified atom stereocenters. The summed E-state index contributed by atoms with van der Waals surface area (Å²) in [5, 5.41) is 6.66. The molecule has 0 saturated heterocycles. The van der Waals surface area contributed by atoms with Crippen molar-refractivity contribution in [2.75, 3.05) is 0 Å². The number of aryl methyl sites for hydroxylation is 1. The summed E-state index contributed by atoms with van der Waals surface area (Å²) in [6, 6.07) is 0. The highest BCUT2D eigenvalue weighted by Crippen LogP contribution is 1.86. The second-order valence-electron chi connectivity index (χ2n) is 2.55. The third kappa shape index (κ3) is 3.06. The van der Waals surface area contributed by atoms with Crippen molar-refractivity contribution in [3.05, 3.63) is 24.3 Å². The molecule has 0 saturated carbocycles. The fourth-order valence-electron chi connectivity index (χ4n) is 0.841. The molecule has 1 aromatic rings. The van der Waals surface area contributed by atoms with Crippen LogP contribution in [0.3, 0.4) is 0 Å². The van der Waals surface area contributed by atoms with Crippen LogP contribution < -0.4 is 5.32 Å². The van der Waals surface area contributed by atoms with Crippen molar-refractivity contribution >= 4 is 5.91 Å². The first-order valence-electron chi connectivity index (χ1n) is 3.97. The summed E-state index contributed by atoms with van der Waals surface area (Å²) in [6.07, 6.45) is 4.74. The van der Waals surface area contributed by atoms with E-state index in [1.807, 2.05) is 0 Å². The Labute approximate surface area is 76.5 Å². The number of hydrogen-bond acceptors (Lipinski definition) is 3. The smallest absolute Gasteiger partial charge is 0.244 e. The predicted octanol–water partition coefficient (Wildman–Crippen LogP) is 0.00740. The fraction of sp³-hybridized carbons (Fsp3) is 0.375. The van der Waals surface area contributed by atoms with E-state index in [9.17, 15) is 4.79 Å². The maximum absolute atomic E-state index is 11.0. The molecular formula is C8H12N4O. The van der Waals surface area contributed by atoms with E-state index in [0.29, 0.717) is 12.4 Å². The Balaban J connectivity index is 2.39. The van der Waals surface area contributed by atoms with Gasteiger partial charge < -0.3 is 5.32 Å². The van der Waals surface area contributed by atoms with E-state index in [1.165, 1.54) is 6.08 Å². The first-order valence-corrected chi connectivity index (χ1v) is 3.97. The summed E-state index contributed by atoms with van der Waals surface area (Å²) < 4.78 is 1.59. The van der Waals surface area contributed by atoms with Crippen LogP contribution in [0.5, 0.6) is 0 Å². The highest BCUT2D eigenvalue weighted by Gasteiger charge is 1.99. The number of nitrogens with one attached hydrogen (secondary N) is 1. The number of nitrogens with zero attached hydrogens (tertiary/aromatic N) is 3. The molecular weight excluding hydrogens is 168 g/mol. The molecule has 0 aliphatic heterocycles. The predicted molar refractivity (Wildman–Crippen MR) is 47.7 cm³/mol. The average Bonchev–Trinajstić information content (AvgIpc) is 2.49. The lowest BCUT2D eigenvalue weighted by Gasteiger charge is -1.96. The Morgan fingerprint density at radius 3 is 3.08 bits per heavy atom. The lowest BCUT2D eigenvalue weighted by atomic mass is 10.5. The summed E-state index contributed by atoms with van der Waals surface area (Å²) in [6.45, 7) is 2.16. The third-order valence-electron chi connectivity index (χ3n) is 1.39. The molecule has 0 atom stereocenters. The number of allylic oxidation sites excluding steroid dienone is 1. The highest BCUT2D eigenvalue weighted by atomic mass is 16.1. The molecule has 0 aliphatic rings. The van der Waals surface area contributed by atoms with E-state index in [4.69, 9.17) is 0 Å². The molecule has 70 valence electrons. The largest absolute Gasteiger partial charge is 0.345 e. The Kier molecular flexibility index (Phi) is 3.19. The zero-order valence-corrected chi connectivity index (χ0v) is 7.69. The first-order chi connectivity index (χ1) is 6.22. The maximum atomic E-state index is 11.0. The van der Waals surface area contributed by atoms with Crippen LogP contribution in [0.4, 0.5) is 0 Å². The van der Waals surface area contributed by atoms with Gasteiger partial charge in [0.1, 0.15) is 6.33 Å². The van der Waals surface area contributed by atoms with Gasteiger partial charge in [-0.25, -0.2) is 4.98 Å². The van der Waals surface area contributed by atoms with Crippen LogP contribution in [-0.2, 0) is 18.4 Å². The minimum absolute atomic E-state index is 0.130. The third-order valence-corrected chi connectivity index (χ3v) is 1.39. The summed E-state index contributed by atoms with van der Waals surface area (Å²) in [7, 11) is 1.78. The van der Waals surface area contributed by atoms with Gasteiger partial charge in [0.2, 0.25) is 5.91 Å². The monoisotopic (exact) mass is 180 g/mol. The van der Waals surface area contributed by atoms with E-state index in [0.717, 1.165) is 0 Å². The maximum Gasteiger partial charge on any atom is 0.244 e. The highest BCUT2D eigenvalue weighted by molar-refractivity contribution is 5.87. The van der Waals surface area contributed by atoms with Crippen LogP contribution in [0.25, 0.3) is 0 Å². The molecule has 0 fully saturated rings. The van der Waals surface area contributed by atoms with Crippen molar-refractivity contribution in [1.82, 2.24) is 20.1 Å². The van der Waals surface area contributed by atoms with Gasteiger partial charge in [0.25, 0.3) is 0 Å². The van der Waals surface area contributed by atoms with E-state index in [1.54, 1.807) is 31.1 Å². The lowest BCUT2D eigenvalue weighted by molar-refractivity contribution is -0.116. The summed E-state index contributed by atoms with van der Waals surface area (Å²) >= 11 is 0. The second kappa shape index (κ2) is 4.39. The molecule has 5 nitrogen and oxygen atoms in total. The van der Waals surface area contributed by atoms with Gasteiger partial charge in [-0.1, -0.05) is 6.08 Å². The van der Waals surface area contributed by atoms with Crippen LogP contribution >= 0.6 is 0 Å². The van der Waals surface area contributed by atoms with Crippen LogP contribution in [0.15, 0.2) is 18.5 Å². The van der Waals surface area contributed by atoms with Crippen molar-refractivity contribution in [1.29, 1.82) is 0 Å². The molecule has 1 heterocycles. The van der Waals surface area contributed by atoms with Crippen LogP contribution in [0.2, 0.25) is 0 Å². The Bertz CT molecular complexity index is 316. The molecule has 0 spiro atoms. The van der Waals surface area contributed by atoms with Crippen molar-refractivity contribution in [3.8, 4) is 0 Å². The zero-order chi connectivity index (χ0) is 9.68. The Morgan fingerprint density at radius 1 is 1.77 bits per heavy atom. The minimum atomic E-state index is -0.130. The Morgan fingerprint density at radius 2 is 2.54 bits per heavy atom. The van der Waals surface area contributed by atoms with Crippen molar-refractivity contribution in [2.45, 2.75) is 13.5 Å². The van der Waals surface area contributed by atoms with Crippen molar-refractivity contribution in [3.63, 3.8) is 0 Å². The van der Waals surface area contributed by atoms with Gasteiger partial charge in [-0.15, -0.1) is 0 Å². The van der Waals surface area contributed by atoms with E-state index >= 15 is 0 Å². The van der Waals surface area contributed by atoms with Crippen LogP contribution in [-0.4, -0.2) is 20.7 Å². The van der Waals surface area contributed by atoms with Crippen LogP contribution in [0.1, 0.15) is 12.7 Å². The first kappa shape index (κ1) is 9.44. The van der Waals surface area contributed by atoms with Crippen molar-refractivity contribution < 1.29 is 4.79 Å². The summed E-state index contributed by atoms with van der Waals surface area (Å²) in [5.41, 5.74) is 0. The fourth-order valence-corrected chi connectivity index (χ4v) is 0.841. The number of carbonyl (C=O) groups is 1. The van der Waals surface area contributed by atoms with Gasteiger partial charge in [-0.2, -0.15) is 5.10 Å². The topological polar surface area (TPSA) is 59.8 Å². The molecule has 0 bridgehead atoms. The van der Waals surface area contributed by atoms with E-state index < -0.39 is 0 Å². The second-order valence-corrected chi connectivity index (χ2v) is 2.55. The number of rotatable bonds is 3. The normalized spacial score (nSPS) is 10.6. The molecule has 1 N–H and O–H groups in total. The standard InChI is InChI=1S/C8H12N4O/c1-3-4-8(13)9-5-7-10-6-12(2)11-7/h3-4,6H,5H2,1-2H3,(H,9,13)/b4-3+. The van der Waals surface area contributed by atoms with Gasteiger partial charge in [-0.05, 0) is 13.0 Å². The van der Waals surface area contributed by atoms with Gasteiger partial charge in [-0.3, -0.25) is 9.48 Å². The molecule has 5 heteroatoms. The summed E-state index contributed by atoms with van der Waals surface area (Å²) in [4.78, 5) is 14.9. The number of carbonyl (C=O) groups excluding carboxylic acids is 1. The molecule has 0 aromatic carbocycles. The molecule has 1 amide bonds. The molecule has 0 radical (unpaired) electrons. The van der Waals surface area contributed by atoms with Crippen molar-refractivity contribution in [2.24, 2.45) is 7.05 Å². The van der Waals surface area contributed by atoms with Gasteiger partial charge in [0.15, 0.2) is 5.82 Å². The molecule has 1 aromatic heterocycles.